The normalized spacial score (nSPS) is 10.8. The molecular weight excluding hydrogens is 238 g/mol. The van der Waals surface area contributed by atoms with Gasteiger partial charge < -0.3 is 14.5 Å². The molecule has 0 fully saturated rings. The van der Waals surface area contributed by atoms with Crippen LogP contribution in [0.1, 0.15) is 5.69 Å². The SMILES string of the molecule is COCc1cc2ccc(Oc3ccccc3)cc2[nH]1. The topological polar surface area (TPSA) is 34.2 Å². The van der Waals surface area contributed by atoms with Crippen molar-refractivity contribution in [2.24, 2.45) is 0 Å². The molecule has 0 radical (unpaired) electrons. The van der Waals surface area contributed by atoms with Gasteiger partial charge in [-0.3, -0.25) is 0 Å². The predicted octanol–water partition coefficient (Wildman–Crippen LogP) is 4.11. The molecule has 3 nitrogen and oxygen atoms in total. The molecule has 0 aliphatic rings. The van der Waals surface area contributed by atoms with E-state index in [2.05, 4.69) is 11.1 Å². The quantitative estimate of drug-likeness (QED) is 0.759. The first-order valence-corrected chi connectivity index (χ1v) is 6.18. The van der Waals surface area contributed by atoms with Crippen molar-refractivity contribution in [3.63, 3.8) is 0 Å². The summed E-state index contributed by atoms with van der Waals surface area (Å²) in [5.74, 6) is 1.66. The molecule has 0 saturated heterocycles. The highest BCUT2D eigenvalue weighted by atomic mass is 16.5. The van der Waals surface area contributed by atoms with E-state index in [0.29, 0.717) is 6.61 Å². The number of benzene rings is 2. The molecule has 0 unspecified atom stereocenters. The molecule has 1 N–H and O–H groups in total. The molecule has 0 bridgehead atoms. The van der Waals surface area contributed by atoms with Gasteiger partial charge in [0.05, 0.1) is 6.61 Å². The fraction of sp³-hybridized carbons (Fsp3) is 0.125. The van der Waals surface area contributed by atoms with Crippen molar-refractivity contribution in [2.75, 3.05) is 7.11 Å². The molecule has 19 heavy (non-hydrogen) atoms. The summed E-state index contributed by atoms with van der Waals surface area (Å²) < 4.78 is 10.9. The lowest BCUT2D eigenvalue weighted by Gasteiger charge is -2.04. The van der Waals surface area contributed by atoms with Crippen molar-refractivity contribution in [3.05, 3.63) is 60.3 Å². The molecule has 0 saturated carbocycles. The summed E-state index contributed by atoms with van der Waals surface area (Å²) in [4.78, 5) is 3.32. The maximum atomic E-state index is 5.80. The van der Waals surface area contributed by atoms with E-state index in [1.807, 2.05) is 48.5 Å². The zero-order valence-corrected chi connectivity index (χ0v) is 10.7. The molecule has 0 aliphatic carbocycles. The van der Waals surface area contributed by atoms with Crippen LogP contribution in [0.3, 0.4) is 0 Å². The lowest BCUT2D eigenvalue weighted by atomic mass is 10.2. The number of aromatic nitrogens is 1. The van der Waals surface area contributed by atoms with Crippen LogP contribution in [0.2, 0.25) is 0 Å². The smallest absolute Gasteiger partial charge is 0.129 e. The van der Waals surface area contributed by atoms with Gasteiger partial charge in [-0.25, -0.2) is 0 Å². The molecule has 0 amide bonds. The molecule has 1 aromatic heterocycles. The Morgan fingerprint density at radius 1 is 0.947 bits per heavy atom. The van der Waals surface area contributed by atoms with E-state index in [0.717, 1.165) is 28.1 Å². The number of methoxy groups -OCH3 is 1. The Morgan fingerprint density at radius 2 is 1.79 bits per heavy atom. The van der Waals surface area contributed by atoms with Gasteiger partial charge in [0.15, 0.2) is 0 Å². The van der Waals surface area contributed by atoms with E-state index in [4.69, 9.17) is 9.47 Å². The second kappa shape index (κ2) is 5.16. The minimum atomic E-state index is 0.587. The van der Waals surface area contributed by atoms with Crippen LogP contribution in [0, 0.1) is 0 Å². The van der Waals surface area contributed by atoms with Gasteiger partial charge in [-0.05, 0) is 30.3 Å². The first-order chi connectivity index (χ1) is 9.35. The molecule has 3 heteroatoms. The summed E-state index contributed by atoms with van der Waals surface area (Å²) in [5.41, 5.74) is 2.12. The molecule has 1 heterocycles. The maximum absolute atomic E-state index is 5.80. The van der Waals surface area contributed by atoms with Crippen molar-refractivity contribution in [1.29, 1.82) is 0 Å². The molecule has 0 atom stereocenters. The van der Waals surface area contributed by atoms with Gasteiger partial charge in [0.25, 0.3) is 0 Å². The number of hydrogen-bond donors (Lipinski definition) is 1. The number of fused-ring (bicyclic) bond motifs is 1. The van der Waals surface area contributed by atoms with Gasteiger partial charge in [-0.1, -0.05) is 18.2 Å². The monoisotopic (exact) mass is 253 g/mol. The number of para-hydroxylation sites is 1. The van der Waals surface area contributed by atoms with Crippen molar-refractivity contribution in [3.8, 4) is 11.5 Å². The lowest BCUT2D eigenvalue weighted by molar-refractivity contribution is 0.182. The van der Waals surface area contributed by atoms with Gasteiger partial charge in [-0.15, -0.1) is 0 Å². The fourth-order valence-corrected chi connectivity index (χ4v) is 2.09. The van der Waals surface area contributed by atoms with Crippen molar-refractivity contribution >= 4 is 10.9 Å². The lowest BCUT2D eigenvalue weighted by Crippen LogP contribution is -1.85. The van der Waals surface area contributed by atoms with E-state index in [1.54, 1.807) is 7.11 Å². The van der Waals surface area contributed by atoms with Crippen LogP contribution in [-0.4, -0.2) is 12.1 Å². The molecule has 0 spiro atoms. The number of ether oxygens (including phenoxy) is 2. The van der Waals surface area contributed by atoms with E-state index in [9.17, 15) is 0 Å². The van der Waals surface area contributed by atoms with Gasteiger partial charge in [0, 0.05) is 29.8 Å². The Hall–Kier alpha value is -2.26. The molecule has 3 aromatic rings. The van der Waals surface area contributed by atoms with E-state index >= 15 is 0 Å². The molecule has 96 valence electrons. The molecule has 2 aromatic carbocycles. The summed E-state index contributed by atoms with van der Waals surface area (Å²) >= 11 is 0. The number of H-pyrrole nitrogens is 1. The highest BCUT2D eigenvalue weighted by Gasteiger charge is 2.03. The van der Waals surface area contributed by atoms with E-state index in [-0.39, 0.29) is 0 Å². The average molecular weight is 253 g/mol. The predicted molar refractivity (Wildman–Crippen MR) is 75.5 cm³/mol. The Bertz CT molecular complexity index is 674. The van der Waals surface area contributed by atoms with Gasteiger partial charge in [0.2, 0.25) is 0 Å². The zero-order valence-electron chi connectivity index (χ0n) is 10.7. The second-order valence-corrected chi connectivity index (χ2v) is 4.39. The van der Waals surface area contributed by atoms with Crippen LogP contribution in [0.25, 0.3) is 10.9 Å². The van der Waals surface area contributed by atoms with Crippen LogP contribution in [0.4, 0.5) is 0 Å². The number of aromatic amines is 1. The van der Waals surface area contributed by atoms with Crippen LogP contribution in [-0.2, 0) is 11.3 Å². The minimum absolute atomic E-state index is 0.587. The van der Waals surface area contributed by atoms with Crippen molar-refractivity contribution in [2.45, 2.75) is 6.61 Å². The highest BCUT2D eigenvalue weighted by molar-refractivity contribution is 5.81. The first kappa shape index (κ1) is 11.8. The molecule has 3 rings (SSSR count). The fourth-order valence-electron chi connectivity index (χ4n) is 2.09. The number of nitrogens with one attached hydrogen (secondary N) is 1. The zero-order chi connectivity index (χ0) is 13.1. The summed E-state index contributed by atoms with van der Waals surface area (Å²) in [6.45, 7) is 0.587. The van der Waals surface area contributed by atoms with Crippen LogP contribution in [0.15, 0.2) is 54.6 Å². The molecule has 0 aliphatic heterocycles. The summed E-state index contributed by atoms with van der Waals surface area (Å²) in [5, 5.41) is 1.16. The summed E-state index contributed by atoms with van der Waals surface area (Å²) in [6, 6.07) is 17.9. The van der Waals surface area contributed by atoms with Crippen LogP contribution < -0.4 is 4.74 Å². The van der Waals surface area contributed by atoms with Gasteiger partial charge >= 0.3 is 0 Å². The van der Waals surface area contributed by atoms with Crippen LogP contribution >= 0.6 is 0 Å². The number of hydrogen-bond acceptors (Lipinski definition) is 2. The Labute approximate surface area is 111 Å². The Morgan fingerprint density at radius 3 is 2.58 bits per heavy atom. The molecular formula is C16H15NO2. The third kappa shape index (κ3) is 2.61. The third-order valence-electron chi connectivity index (χ3n) is 2.93. The van der Waals surface area contributed by atoms with Crippen molar-refractivity contribution < 1.29 is 9.47 Å². The maximum Gasteiger partial charge on any atom is 0.129 e. The highest BCUT2D eigenvalue weighted by Crippen LogP contribution is 2.25. The third-order valence-corrected chi connectivity index (χ3v) is 2.93. The summed E-state index contributed by atoms with van der Waals surface area (Å²) in [6.07, 6.45) is 0. The standard InChI is InChI=1S/C16H15NO2/c1-18-11-13-9-12-7-8-15(10-16(12)17-13)19-14-5-3-2-4-6-14/h2-10,17H,11H2,1H3. The average Bonchev–Trinajstić information content (AvgIpc) is 2.82. The van der Waals surface area contributed by atoms with Gasteiger partial charge in [-0.2, -0.15) is 0 Å². The van der Waals surface area contributed by atoms with Crippen LogP contribution in [0.5, 0.6) is 11.5 Å². The Kier molecular flexibility index (Phi) is 3.21. The number of rotatable bonds is 4. The largest absolute Gasteiger partial charge is 0.457 e. The second-order valence-electron chi connectivity index (χ2n) is 4.39. The minimum Gasteiger partial charge on any atom is -0.457 e. The summed E-state index contributed by atoms with van der Waals surface area (Å²) in [7, 11) is 1.69. The van der Waals surface area contributed by atoms with E-state index < -0.39 is 0 Å². The first-order valence-electron chi connectivity index (χ1n) is 6.18. The Balaban J connectivity index is 1.88. The van der Waals surface area contributed by atoms with Gasteiger partial charge in [0.1, 0.15) is 11.5 Å². The van der Waals surface area contributed by atoms with E-state index in [1.165, 1.54) is 0 Å². The van der Waals surface area contributed by atoms with Crippen molar-refractivity contribution in [1.82, 2.24) is 4.98 Å².